The molecule has 0 radical (unpaired) electrons. The minimum Gasteiger partial charge on any atom is -0.396 e. The third-order valence-corrected chi connectivity index (χ3v) is 9.68. The van der Waals surface area contributed by atoms with Crippen molar-refractivity contribution in [1.29, 1.82) is 0 Å². The number of aliphatic hydroxyl groups is 1. The Morgan fingerprint density at radius 2 is 1.72 bits per heavy atom. The third-order valence-electron chi connectivity index (χ3n) is 9.68. The van der Waals surface area contributed by atoms with Crippen LogP contribution in [0.4, 0.5) is 0 Å². The Morgan fingerprint density at radius 1 is 0.880 bits per heavy atom. The van der Waals surface area contributed by atoms with Crippen molar-refractivity contribution < 1.29 is 5.11 Å². The predicted octanol–water partition coefficient (Wildman–Crippen LogP) is 6.44. The molecule has 8 unspecified atom stereocenters. The number of fused-ring (bicyclic) bond motifs is 5. The van der Waals surface area contributed by atoms with Gasteiger partial charge in [0.05, 0.1) is 0 Å². The number of hydrogen-bond acceptors (Lipinski definition) is 1. The molecule has 1 N–H and O–H groups in total. The van der Waals surface area contributed by atoms with Gasteiger partial charge in [-0.2, -0.15) is 0 Å². The summed E-state index contributed by atoms with van der Waals surface area (Å²) in [6, 6.07) is 0. The van der Waals surface area contributed by atoms with E-state index >= 15 is 0 Å². The molecule has 0 heterocycles. The molecule has 1 nitrogen and oxygen atoms in total. The van der Waals surface area contributed by atoms with Crippen molar-refractivity contribution in [1.82, 2.24) is 0 Å². The molecule has 4 fully saturated rings. The molecule has 4 rings (SSSR count). The van der Waals surface area contributed by atoms with E-state index in [1.54, 1.807) is 19.3 Å². The van der Waals surface area contributed by atoms with E-state index in [9.17, 15) is 5.11 Å². The van der Waals surface area contributed by atoms with Gasteiger partial charge in [-0.15, -0.1) is 0 Å². The number of rotatable bonds is 4. The summed E-state index contributed by atoms with van der Waals surface area (Å²) < 4.78 is 0. The van der Waals surface area contributed by atoms with Gasteiger partial charge >= 0.3 is 0 Å². The molecule has 0 aromatic carbocycles. The van der Waals surface area contributed by atoms with Gasteiger partial charge in [-0.05, 0) is 105 Å². The quantitative estimate of drug-likeness (QED) is 0.620. The average molecular weight is 347 g/mol. The third kappa shape index (κ3) is 3.21. The van der Waals surface area contributed by atoms with E-state index < -0.39 is 0 Å². The Morgan fingerprint density at radius 3 is 2.52 bits per heavy atom. The standard InChI is InChI=1S/C24H42O/c1-3-5-17-8-10-20-18(16-17)9-11-22-21(20)12-14-24(2)19(13-15-25)6-4-7-23(22)24/h17-23,25H,3-16H2,1-2H3. The van der Waals surface area contributed by atoms with Gasteiger partial charge in [-0.1, -0.05) is 39.5 Å². The molecule has 0 bridgehead atoms. The zero-order valence-corrected chi connectivity index (χ0v) is 16.9. The smallest absolute Gasteiger partial charge is 0.0433 e. The van der Waals surface area contributed by atoms with Crippen LogP contribution < -0.4 is 0 Å². The highest BCUT2D eigenvalue weighted by Crippen LogP contribution is 2.63. The fourth-order valence-electron chi connectivity index (χ4n) is 8.56. The molecule has 0 aromatic heterocycles. The van der Waals surface area contributed by atoms with E-state index in [0.29, 0.717) is 12.0 Å². The predicted molar refractivity (Wildman–Crippen MR) is 105 cm³/mol. The maximum atomic E-state index is 9.58. The lowest BCUT2D eigenvalue weighted by Gasteiger charge is -2.60. The molecule has 0 saturated heterocycles. The molecular weight excluding hydrogens is 304 g/mol. The number of hydrogen-bond donors (Lipinski definition) is 1. The molecule has 8 atom stereocenters. The normalized spacial score (nSPS) is 49.8. The average Bonchev–Trinajstić information content (AvgIpc) is 2.62. The largest absolute Gasteiger partial charge is 0.396 e. The van der Waals surface area contributed by atoms with Gasteiger partial charge in [0.1, 0.15) is 0 Å². The van der Waals surface area contributed by atoms with Crippen molar-refractivity contribution in [3.8, 4) is 0 Å². The molecule has 144 valence electrons. The zero-order chi connectivity index (χ0) is 17.4. The summed E-state index contributed by atoms with van der Waals surface area (Å²) in [5.41, 5.74) is 0.550. The van der Waals surface area contributed by atoms with E-state index in [1.807, 2.05) is 0 Å². The Labute approximate surface area is 156 Å². The molecule has 0 amide bonds. The lowest BCUT2D eigenvalue weighted by atomic mass is 9.44. The summed E-state index contributed by atoms with van der Waals surface area (Å²) in [4.78, 5) is 0. The van der Waals surface area contributed by atoms with Gasteiger partial charge in [0.15, 0.2) is 0 Å². The van der Waals surface area contributed by atoms with Gasteiger partial charge in [0.2, 0.25) is 0 Å². The minimum absolute atomic E-state index is 0.407. The van der Waals surface area contributed by atoms with E-state index in [0.717, 1.165) is 47.8 Å². The fraction of sp³-hybridized carbons (Fsp3) is 1.00. The van der Waals surface area contributed by atoms with E-state index in [1.165, 1.54) is 57.8 Å². The van der Waals surface area contributed by atoms with Crippen LogP contribution in [0.1, 0.15) is 97.3 Å². The second-order valence-corrected chi connectivity index (χ2v) is 10.6. The van der Waals surface area contributed by atoms with Crippen molar-refractivity contribution in [2.75, 3.05) is 6.61 Å². The summed E-state index contributed by atoms with van der Waals surface area (Å²) in [6.07, 6.45) is 19.0. The fourth-order valence-corrected chi connectivity index (χ4v) is 8.56. The van der Waals surface area contributed by atoms with Gasteiger partial charge in [-0.25, -0.2) is 0 Å². The maximum absolute atomic E-state index is 9.58. The maximum Gasteiger partial charge on any atom is 0.0433 e. The molecule has 4 saturated carbocycles. The van der Waals surface area contributed by atoms with Crippen molar-refractivity contribution in [3.05, 3.63) is 0 Å². The molecule has 1 heteroatoms. The van der Waals surface area contributed by atoms with E-state index in [2.05, 4.69) is 13.8 Å². The first kappa shape index (κ1) is 18.3. The lowest BCUT2D eigenvalue weighted by Crippen LogP contribution is -2.52. The molecule has 0 aromatic rings. The summed E-state index contributed by atoms with van der Waals surface area (Å²) in [5, 5.41) is 9.58. The van der Waals surface area contributed by atoms with Gasteiger partial charge in [-0.3, -0.25) is 0 Å². The monoisotopic (exact) mass is 346 g/mol. The molecule has 4 aliphatic carbocycles. The first-order valence-corrected chi connectivity index (χ1v) is 11.8. The highest BCUT2D eigenvalue weighted by Gasteiger charge is 2.55. The second-order valence-electron chi connectivity index (χ2n) is 10.6. The van der Waals surface area contributed by atoms with Crippen LogP contribution in [0, 0.1) is 46.8 Å². The minimum atomic E-state index is 0.407. The van der Waals surface area contributed by atoms with Crippen LogP contribution in [0.25, 0.3) is 0 Å². The Balaban J connectivity index is 1.48. The van der Waals surface area contributed by atoms with Gasteiger partial charge in [0.25, 0.3) is 0 Å². The van der Waals surface area contributed by atoms with Crippen molar-refractivity contribution in [3.63, 3.8) is 0 Å². The van der Waals surface area contributed by atoms with Crippen LogP contribution in [0.5, 0.6) is 0 Å². The van der Waals surface area contributed by atoms with Gasteiger partial charge in [0, 0.05) is 6.61 Å². The van der Waals surface area contributed by atoms with Crippen molar-refractivity contribution in [2.45, 2.75) is 97.3 Å². The molecular formula is C24H42O. The zero-order valence-electron chi connectivity index (χ0n) is 16.9. The SMILES string of the molecule is CCCC1CCC2C(CCC3C2CCC2(C)C(CCO)CCCC32)C1. The Kier molecular flexibility index (Phi) is 5.52. The van der Waals surface area contributed by atoms with Crippen LogP contribution in [0.15, 0.2) is 0 Å². The summed E-state index contributed by atoms with van der Waals surface area (Å²) in [7, 11) is 0. The van der Waals surface area contributed by atoms with Gasteiger partial charge < -0.3 is 5.11 Å². The second kappa shape index (κ2) is 7.53. The Bertz CT molecular complexity index is 443. The summed E-state index contributed by atoms with van der Waals surface area (Å²) in [5.74, 6) is 7.08. The Hall–Kier alpha value is -0.0400. The first-order valence-electron chi connectivity index (χ1n) is 11.8. The van der Waals surface area contributed by atoms with E-state index in [-0.39, 0.29) is 0 Å². The first-order chi connectivity index (χ1) is 12.2. The number of aliphatic hydroxyl groups excluding tert-OH is 1. The van der Waals surface area contributed by atoms with Crippen LogP contribution in [0.3, 0.4) is 0 Å². The van der Waals surface area contributed by atoms with E-state index in [4.69, 9.17) is 0 Å². The van der Waals surface area contributed by atoms with Crippen molar-refractivity contribution >= 4 is 0 Å². The van der Waals surface area contributed by atoms with Crippen molar-refractivity contribution in [2.24, 2.45) is 46.8 Å². The molecule has 0 spiro atoms. The topological polar surface area (TPSA) is 20.2 Å². The highest BCUT2D eigenvalue weighted by atomic mass is 16.3. The highest BCUT2D eigenvalue weighted by molar-refractivity contribution is 5.04. The summed E-state index contributed by atoms with van der Waals surface area (Å²) in [6.45, 7) is 5.40. The molecule has 4 aliphatic rings. The van der Waals surface area contributed by atoms with Crippen LogP contribution in [-0.4, -0.2) is 11.7 Å². The van der Waals surface area contributed by atoms with Crippen LogP contribution in [0.2, 0.25) is 0 Å². The van der Waals surface area contributed by atoms with Crippen LogP contribution in [-0.2, 0) is 0 Å². The molecule has 25 heavy (non-hydrogen) atoms. The summed E-state index contributed by atoms with van der Waals surface area (Å²) >= 11 is 0. The lowest BCUT2D eigenvalue weighted by molar-refractivity contribution is -0.113. The molecule has 0 aliphatic heterocycles. The van der Waals surface area contributed by atoms with Crippen LogP contribution >= 0.6 is 0 Å².